The van der Waals surface area contributed by atoms with Crippen LogP contribution in [-0.2, 0) is 5.60 Å². The van der Waals surface area contributed by atoms with E-state index in [1.807, 2.05) is 54.6 Å². The monoisotopic (exact) mass is 449 g/mol. The SMILES string of the molecule is OC(C[OH+]c1ccc2ccccc2c1)(c1ccc2c(cnn2-c2ccccc2)c1)C(F)(F)F. The lowest BCUT2D eigenvalue weighted by Crippen LogP contribution is -2.46. The molecule has 0 saturated heterocycles. The molecule has 4 aromatic carbocycles. The highest BCUT2D eigenvalue weighted by molar-refractivity contribution is 5.83. The Morgan fingerprint density at radius 3 is 2.27 bits per heavy atom. The van der Waals surface area contributed by atoms with E-state index in [9.17, 15) is 18.3 Å². The van der Waals surface area contributed by atoms with Gasteiger partial charge < -0.3 is 9.84 Å². The molecule has 0 aliphatic carbocycles. The standard InChI is InChI=1S/C26H19F3N2O2/c27-26(28,29)25(32,17-33-23-12-10-18-6-4-5-7-19(18)15-23)21-11-13-24-20(14-21)16-30-31(24)22-8-2-1-3-9-22/h1-16,32H,17H2/p+1. The largest absolute Gasteiger partial charge is 0.580 e. The number of halogens is 3. The predicted octanol–water partition coefficient (Wildman–Crippen LogP) is 5.87. The highest BCUT2D eigenvalue weighted by Crippen LogP contribution is 2.41. The fourth-order valence-corrected chi connectivity index (χ4v) is 3.89. The Bertz CT molecular complexity index is 1430. The summed E-state index contributed by atoms with van der Waals surface area (Å²) in [4.78, 5) is 0. The van der Waals surface area contributed by atoms with Gasteiger partial charge in [-0.05, 0) is 41.1 Å². The summed E-state index contributed by atoms with van der Waals surface area (Å²) < 4.78 is 48.0. The number of hydrogen-bond acceptors (Lipinski definition) is 2. The van der Waals surface area contributed by atoms with Crippen molar-refractivity contribution in [3.05, 3.63) is 103 Å². The molecule has 0 fully saturated rings. The molecule has 4 nitrogen and oxygen atoms in total. The van der Waals surface area contributed by atoms with Crippen LogP contribution in [0.4, 0.5) is 13.2 Å². The summed E-state index contributed by atoms with van der Waals surface area (Å²) in [6.45, 7) is -0.854. The summed E-state index contributed by atoms with van der Waals surface area (Å²) in [7, 11) is 0. The van der Waals surface area contributed by atoms with E-state index in [1.54, 1.807) is 22.9 Å². The molecule has 2 N–H and O–H groups in total. The molecule has 7 heteroatoms. The molecule has 0 radical (unpaired) electrons. The maximum absolute atomic E-state index is 14.1. The van der Waals surface area contributed by atoms with Gasteiger partial charge in [0.25, 0.3) is 11.4 Å². The number of ether oxygens (including phenoxy) is 1. The Morgan fingerprint density at radius 1 is 0.788 bits per heavy atom. The number of aromatic nitrogens is 2. The van der Waals surface area contributed by atoms with Gasteiger partial charge in [0.15, 0.2) is 0 Å². The lowest BCUT2D eigenvalue weighted by molar-refractivity contribution is -0.289. The van der Waals surface area contributed by atoms with Crippen molar-refractivity contribution in [3.63, 3.8) is 0 Å². The van der Waals surface area contributed by atoms with Crippen molar-refractivity contribution in [1.29, 1.82) is 0 Å². The first-order valence-electron chi connectivity index (χ1n) is 10.3. The Kier molecular flexibility index (Phi) is 5.06. The lowest BCUT2D eigenvalue weighted by Gasteiger charge is -2.29. The maximum Gasteiger partial charge on any atom is 0.430 e. The number of nitrogens with zero attached hydrogens (tertiary/aromatic N) is 2. The zero-order chi connectivity index (χ0) is 23.1. The number of fused-ring (bicyclic) bond motifs is 2. The fourth-order valence-electron chi connectivity index (χ4n) is 3.89. The van der Waals surface area contributed by atoms with E-state index >= 15 is 0 Å². The minimum absolute atomic E-state index is 0.278. The van der Waals surface area contributed by atoms with Crippen LogP contribution in [0.2, 0.25) is 0 Å². The second-order valence-electron chi connectivity index (χ2n) is 7.87. The average Bonchev–Trinajstić information content (AvgIpc) is 3.25. The Morgan fingerprint density at radius 2 is 1.52 bits per heavy atom. The van der Waals surface area contributed by atoms with Crippen LogP contribution in [0.1, 0.15) is 5.56 Å². The van der Waals surface area contributed by atoms with Crippen molar-refractivity contribution in [2.75, 3.05) is 6.61 Å². The first-order chi connectivity index (χ1) is 15.8. The quantitative estimate of drug-likeness (QED) is 0.341. The molecule has 1 unspecified atom stereocenters. The number of aromatic hydroxyl groups is 1. The van der Waals surface area contributed by atoms with Gasteiger partial charge in [0.1, 0.15) is 0 Å². The minimum atomic E-state index is -4.92. The van der Waals surface area contributed by atoms with Crippen molar-refractivity contribution in [3.8, 4) is 11.4 Å². The predicted molar refractivity (Wildman–Crippen MR) is 122 cm³/mol. The van der Waals surface area contributed by atoms with Gasteiger partial charge in [-0.15, -0.1) is 0 Å². The molecule has 0 aliphatic heterocycles. The summed E-state index contributed by atoms with van der Waals surface area (Å²) in [6, 6.07) is 26.1. The minimum Gasteiger partial charge on any atom is -0.580 e. The van der Waals surface area contributed by atoms with Crippen LogP contribution in [-0.4, -0.2) is 32.4 Å². The van der Waals surface area contributed by atoms with Crippen LogP contribution in [0.15, 0.2) is 97.2 Å². The summed E-state index contributed by atoms with van der Waals surface area (Å²) in [5, 5.41) is 17.5. The third kappa shape index (κ3) is 3.81. The van der Waals surface area contributed by atoms with Crippen molar-refractivity contribution >= 4 is 21.7 Å². The van der Waals surface area contributed by atoms with Gasteiger partial charge in [-0.3, -0.25) is 0 Å². The van der Waals surface area contributed by atoms with Crippen LogP contribution < -0.4 is 0 Å². The van der Waals surface area contributed by atoms with Gasteiger partial charge in [-0.1, -0.05) is 48.5 Å². The normalized spacial score (nSPS) is 13.8. The number of rotatable bonds is 5. The van der Waals surface area contributed by atoms with E-state index in [-0.39, 0.29) is 5.56 Å². The highest BCUT2D eigenvalue weighted by atomic mass is 19.4. The first kappa shape index (κ1) is 21.0. The molecule has 33 heavy (non-hydrogen) atoms. The molecule has 0 bridgehead atoms. The molecule has 0 amide bonds. The number of benzene rings is 4. The molecule has 1 atom stereocenters. The molecule has 1 aromatic heterocycles. The van der Waals surface area contributed by atoms with Crippen molar-refractivity contribution in [2.24, 2.45) is 0 Å². The number of hydrogen-bond donors (Lipinski definition) is 1. The van der Waals surface area contributed by atoms with Crippen LogP contribution in [0.3, 0.4) is 0 Å². The lowest BCUT2D eigenvalue weighted by atomic mass is 9.93. The summed E-state index contributed by atoms with van der Waals surface area (Å²) >= 11 is 0. The molecule has 5 rings (SSSR count). The Labute approximate surface area is 187 Å². The first-order valence-corrected chi connectivity index (χ1v) is 10.3. The molecular formula is C26H20F3N2O2+. The topological polar surface area (TPSA) is 50.9 Å². The van der Waals surface area contributed by atoms with Crippen molar-refractivity contribution < 1.29 is 23.0 Å². The second kappa shape index (κ2) is 7.94. The van der Waals surface area contributed by atoms with Gasteiger partial charge in [0.05, 0.1) is 17.4 Å². The van der Waals surface area contributed by atoms with Gasteiger partial charge in [0, 0.05) is 23.1 Å². The Hall–Kier alpha value is -3.84. The van der Waals surface area contributed by atoms with E-state index in [2.05, 4.69) is 9.84 Å². The third-order valence-electron chi connectivity index (χ3n) is 5.74. The van der Waals surface area contributed by atoms with E-state index in [1.165, 1.54) is 24.4 Å². The molecule has 0 saturated carbocycles. The van der Waals surface area contributed by atoms with Crippen molar-refractivity contribution in [1.82, 2.24) is 9.78 Å². The summed E-state index contributed by atoms with van der Waals surface area (Å²) in [5.41, 5.74) is -1.99. The highest BCUT2D eigenvalue weighted by Gasteiger charge is 2.58. The third-order valence-corrected chi connectivity index (χ3v) is 5.74. The smallest absolute Gasteiger partial charge is 0.430 e. The number of alkyl halides is 3. The van der Waals surface area contributed by atoms with Gasteiger partial charge in [-0.2, -0.15) is 18.3 Å². The van der Waals surface area contributed by atoms with Crippen LogP contribution >= 0.6 is 0 Å². The Balaban J connectivity index is 1.48. The number of para-hydroxylation sites is 1. The summed E-state index contributed by atoms with van der Waals surface area (Å²) in [5.74, 6) is 0.370. The summed E-state index contributed by atoms with van der Waals surface area (Å²) in [6.07, 6.45) is -3.43. The van der Waals surface area contributed by atoms with Gasteiger partial charge >= 0.3 is 6.18 Å². The van der Waals surface area contributed by atoms with E-state index in [0.29, 0.717) is 16.7 Å². The van der Waals surface area contributed by atoms with E-state index in [0.717, 1.165) is 16.5 Å². The van der Waals surface area contributed by atoms with Gasteiger partial charge in [0.2, 0.25) is 6.61 Å². The number of aliphatic hydroxyl groups is 2. The van der Waals surface area contributed by atoms with E-state index in [4.69, 9.17) is 0 Å². The maximum atomic E-state index is 14.1. The van der Waals surface area contributed by atoms with Crippen LogP contribution in [0, 0.1) is 0 Å². The van der Waals surface area contributed by atoms with Crippen LogP contribution in [0.25, 0.3) is 27.4 Å². The zero-order valence-electron chi connectivity index (χ0n) is 17.4. The zero-order valence-corrected chi connectivity index (χ0v) is 17.4. The molecule has 0 spiro atoms. The van der Waals surface area contributed by atoms with Crippen LogP contribution in [0.5, 0.6) is 5.75 Å². The molecular weight excluding hydrogens is 429 g/mol. The molecule has 1 heterocycles. The second-order valence-corrected chi connectivity index (χ2v) is 7.87. The van der Waals surface area contributed by atoms with Gasteiger partial charge in [-0.25, -0.2) is 4.68 Å². The fraction of sp³-hybridized carbons (Fsp3) is 0.115. The molecule has 5 aromatic rings. The van der Waals surface area contributed by atoms with Crippen molar-refractivity contribution in [2.45, 2.75) is 11.8 Å². The molecule has 166 valence electrons. The van der Waals surface area contributed by atoms with E-state index < -0.39 is 18.4 Å². The molecule has 0 aliphatic rings. The average molecular weight is 449 g/mol.